The Hall–Kier alpha value is -5.00. The second-order valence-corrected chi connectivity index (χ2v) is 8.52. The second-order valence-electron chi connectivity index (χ2n) is 8.52. The van der Waals surface area contributed by atoms with Crippen molar-refractivity contribution >= 4 is 45.4 Å². The summed E-state index contributed by atoms with van der Waals surface area (Å²) in [7, 11) is 0. The molecule has 0 saturated heterocycles. The van der Waals surface area contributed by atoms with Crippen LogP contribution in [0.4, 0.5) is 0 Å². The van der Waals surface area contributed by atoms with Crippen LogP contribution in [-0.2, 0) is 32.0 Å². The van der Waals surface area contributed by atoms with Crippen molar-refractivity contribution in [1.29, 1.82) is 0 Å². The summed E-state index contributed by atoms with van der Waals surface area (Å²) >= 11 is 0. The van der Waals surface area contributed by atoms with Crippen molar-refractivity contribution in [2.45, 2.75) is 40.5 Å². The fourth-order valence-electron chi connectivity index (χ4n) is 4.31. The minimum absolute atomic E-state index is 0.0465. The highest BCUT2D eigenvalue weighted by Crippen LogP contribution is 2.14. The molecule has 4 aromatic rings. The summed E-state index contributed by atoms with van der Waals surface area (Å²) in [6, 6.07) is 13.0. The van der Waals surface area contributed by atoms with Crippen LogP contribution in [0, 0.1) is 0 Å². The van der Waals surface area contributed by atoms with Crippen LogP contribution in [0.5, 0.6) is 0 Å². The molecule has 0 atom stereocenters. The Labute approximate surface area is 215 Å². The molecule has 0 aliphatic carbocycles. The number of imide groups is 2. The largest absolute Gasteiger partial charge is 0.280 e. The predicted octanol–water partition coefficient (Wildman–Crippen LogP) is 0.954. The van der Waals surface area contributed by atoms with Crippen molar-refractivity contribution in [1.82, 2.24) is 19.3 Å². The number of para-hydroxylation sites is 2. The number of benzene rings is 2. The Bertz CT molecular complexity index is 1600. The number of hydrogen-bond acceptors (Lipinski definition) is 8. The molecular weight excluding hydrogens is 492 g/mol. The Morgan fingerprint density at radius 1 is 0.605 bits per heavy atom. The second kappa shape index (κ2) is 10.2. The van der Waals surface area contributed by atoms with Gasteiger partial charge in [0.1, 0.15) is 11.6 Å². The number of fused-ring (bicyclic) bond motifs is 2. The smallest absolute Gasteiger partial charge is 0.273 e. The van der Waals surface area contributed by atoms with Gasteiger partial charge in [-0.25, -0.2) is 9.97 Å². The molecule has 38 heavy (non-hydrogen) atoms. The molecule has 12 nitrogen and oxygen atoms in total. The van der Waals surface area contributed by atoms with Crippen LogP contribution >= 0.6 is 0 Å². The molecule has 0 unspecified atom stereocenters. The zero-order chi connectivity index (χ0) is 27.7. The lowest BCUT2D eigenvalue weighted by molar-refractivity contribution is -0.128. The molecule has 2 aromatic heterocycles. The van der Waals surface area contributed by atoms with Gasteiger partial charge in [-0.3, -0.25) is 28.8 Å². The van der Waals surface area contributed by atoms with E-state index in [0.29, 0.717) is 21.1 Å². The summed E-state index contributed by atoms with van der Waals surface area (Å²) in [6.07, 6.45) is -0.156. The first-order valence-electron chi connectivity index (χ1n) is 11.7. The van der Waals surface area contributed by atoms with E-state index in [1.165, 1.54) is 12.1 Å². The van der Waals surface area contributed by atoms with Gasteiger partial charge in [-0.15, -0.1) is 0 Å². The van der Waals surface area contributed by atoms with E-state index >= 15 is 0 Å². The van der Waals surface area contributed by atoms with E-state index < -0.39 is 34.7 Å². The monoisotopic (exact) mass is 516 g/mol. The Morgan fingerprint density at radius 2 is 0.921 bits per heavy atom. The molecule has 0 aliphatic heterocycles. The van der Waals surface area contributed by atoms with Gasteiger partial charge in [0.25, 0.3) is 11.1 Å². The van der Waals surface area contributed by atoms with Gasteiger partial charge in [0.2, 0.25) is 23.6 Å². The van der Waals surface area contributed by atoms with Crippen molar-refractivity contribution in [3.8, 4) is 0 Å². The molecule has 0 spiro atoms. The van der Waals surface area contributed by atoms with Gasteiger partial charge in [-0.1, -0.05) is 24.3 Å². The van der Waals surface area contributed by atoms with Crippen LogP contribution < -0.4 is 21.1 Å². The summed E-state index contributed by atoms with van der Waals surface area (Å²) in [5.41, 5.74) is -0.578. The average Bonchev–Trinajstić information content (AvgIpc) is 2.85. The zero-order valence-electron chi connectivity index (χ0n) is 21.2. The first-order valence-corrected chi connectivity index (χ1v) is 11.7. The maximum absolute atomic E-state index is 13.4. The number of carbonyl (C=O) groups is 4. The quantitative estimate of drug-likeness (QED) is 0.381. The van der Waals surface area contributed by atoms with E-state index in [2.05, 4.69) is 9.97 Å². The SMILES string of the molecule is CC(=O)N(C(C)=O)n1c(CCc2nc3ccccc3c(=O)n2N(C(C)=O)C(C)=O)nc2ccccc2c1=O. The van der Waals surface area contributed by atoms with Gasteiger partial charge < -0.3 is 0 Å². The summed E-state index contributed by atoms with van der Waals surface area (Å²) in [5, 5.41) is 1.78. The number of rotatable bonds is 5. The molecule has 0 bridgehead atoms. The number of hydrogen-bond donors (Lipinski definition) is 0. The minimum atomic E-state index is -0.696. The Kier molecular flexibility index (Phi) is 6.98. The Balaban J connectivity index is 1.94. The number of aromatic nitrogens is 4. The maximum Gasteiger partial charge on any atom is 0.280 e. The number of carbonyl (C=O) groups excluding carboxylic acids is 4. The van der Waals surface area contributed by atoms with Gasteiger partial charge in [-0.05, 0) is 24.3 Å². The topological polar surface area (TPSA) is 145 Å². The highest BCUT2D eigenvalue weighted by atomic mass is 16.2. The molecule has 2 heterocycles. The van der Waals surface area contributed by atoms with Crippen LogP contribution in [0.1, 0.15) is 39.3 Å². The van der Waals surface area contributed by atoms with E-state index in [4.69, 9.17) is 0 Å². The molecule has 2 aromatic carbocycles. The summed E-state index contributed by atoms with van der Waals surface area (Å²) in [6.45, 7) is 4.58. The molecule has 0 aliphatic rings. The van der Waals surface area contributed by atoms with Crippen molar-refractivity contribution in [2.75, 3.05) is 10.0 Å². The van der Waals surface area contributed by atoms with Crippen molar-refractivity contribution in [3.63, 3.8) is 0 Å². The number of nitrogens with zero attached hydrogens (tertiary/aromatic N) is 6. The third-order valence-electron chi connectivity index (χ3n) is 5.81. The molecule has 12 heteroatoms. The first-order chi connectivity index (χ1) is 18.0. The average molecular weight is 517 g/mol. The first kappa shape index (κ1) is 26.1. The summed E-state index contributed by atoms with van der Waals surface area (Å²) < 4.78 is 1.81. The van der Waals surface area contributed by atoms with Gasteiger partial charge in [-0.2, -0.15) is 19.4 Å². The highest BCUT2D eigenvalue weighted by Gasteiger charge is 2.26. The molecule has 194 valence electrons. The lowest BCUT2D eigenvalue weighted by Crippen LogP contribution is -2.51. The van der Waals surface area contributed by atoms with Crippen molar-refractivity contribution < 1.29 is 19.2 Å². The van der Waals surface area contributed by atoms with Gasteiger partial charge in [0.15, 0.2) is 0 Å². The van der Waals surface area contributed by atoms with E-state index in [-0.39, 0.29) is 35.3 Å². The predicted molar refractivity (Wildman–Crippen MR) is 139 cm³/mol. The number of aryl methyl sites for hydroxylation is 2. The third-order valence-corrected chi connectivity index (χ3v) is 5.81. The Morgan fingerprint density at radius 3 is 1.24 bits per heavy atom. The van der Waals surface area contributed by atoms with Gasteiger partial charge in [0.05, 0.1) is 21.8 Å². The molecular formula is C26H24N6O6. The third kappa shape index (κ3) is 4.59. The lowest BCUT2D eigenvalue weighted by Gasteiger charge is -2.24. The molecule has 4 rings (SSSR count). The zero-order valence-corrected chi connectivity index (χ0v) is 21.2. The maximum atomic E-state index is 13.4. The summed E-state index contributed by atoms with van der Waals surface area (Å²) in [4.78, 5) is 85.3. The fraction of sp³-hybridized carbons (Fsp3) is 0.231. The van der Waals surface area contributed by atoms with Crippen molar-refractivity contribution in [2.24, 2.45) is 0 Å². The lowest BCUT2D eigenvalue weighted by atomic mass is 10.2. The van der Waals surface area contributed by atoms with Crippen LogP contribution in [-0.4, -0.2) is 42.9 Å². The normalized spacial score (nSPS) is 10.9. The van der Waals surface area contributed by atoms with Crippen molar-refractivity contribution in [3.05, 3.63) is 80.9 Å². The molecule has 4 amide bonds. The summed E-state index contributed by atoms with van der Waals surface area (Å²) in [5.74, 6) is -2.69. The standard InChI is InChI=1S/C26H24N6O6/c1-15(33)29(16(2)34)31-23(27-21-11-7-5-9-19(21)25(31)37)13-14-24-28-22-12-8-6-10-20(22)26(38)32(24)30(17(3)35)18(4)36/h5-12H,13-14H2,1-4H3. The fourth-order valence-corrected chi connectivity index (χ4v) is 4.31. The molecule has 0 radical (unpaired) electrons. The molecule has 0 N–H and O–H groups in total. The van der Waals surface area contributed by atoms with E-state index in [1.54, 1.807) is 36.4 Å². The molecule has 0 fully saturated rings. The highest BCUT2D eigenvalue weighted by molar-refractivity contribution is 6.07. The van der Waals surface area contributed by atoms with Gasteiger partial charge in [0, 0.05) is 40.5 Å². The van der Waals surface area contributed by atoms with Crippen LogP contribution in [0.3, 0.4) is 0 Å². The van der Waals surface area contributed by atoms with Gasteiger partial charge >= 0.3 is 0 Å². The van der Waals surface area contributed by atoms with E-state index in [0.717, 1.165) is 37.0 Å². The van der Waals surface area contributed by atoms with Crippen LogP contribution in [0.25, 0.3) is 21.8 Å². The molecule has 0 saturated carbocycles. The van der Waals surface area contributed by atoms with Crippen LogP contribution in [0.15, 0.2) is 58.1 Å². The van der Waals surface area contributed by atoms with E-state index in [1.807, 2.05) is 0 Å². The van der Waals surface area contributed by atoms with E-state index in [9.17, 15) is 28.8 Å². The minimum Gasteiger partial charge on any atom is -0.273 e. The van der Waals surface area contributed by atoms with Crippen LogP contribution in [0.2, 0.25) is 0 Å². The number of amides is 4.